The van der Waals surface area contributed by atoms with Gasteiger partial charge in [-0.15, -0.1) is 0 Å². The van der Waals surface area contributed by atoms with Crippen LogP contribution in [0, 0.1) is 5.82 Å². The fraction of sp³-hybridized carbons (Fsp3) is 0.0870. The highest BCUT2D eigenvalue weighted by Crippen LogP contribution is 2.20. The molecule has 0 heterocycles. The molecule has 3 aromatic rings. The lowest BCUT2D eigenvalue weighted by Gasteiger charge is -2.11. The molecular weight excluding hydrogens is 389 g/mol. The summed E-state index contributed by atoms with van der Waals surface area (Å²) in [6.45, 7) is -0.597. The van der Waals surface area contributed by atoms with Gasteiger partial charge in [-0.1, -0.05) is 42.5 Å². The number of hydrogen-bond donors (Lipinski definition) is 1. The van der Waals surface area contributed by atoms with Crippen LogP contribution in [0.2, 0.25) is 0 Å². The first kappa shape index (κ1) is 20.7. The van der Waals surface area contributed by atoms with Crippen molar-refractivity contribution in [2.75, 3.05) is 19.0 Å². The van der Waals surface area contributed by atoms with Crippen LogP contribution in [0.15, 0.2) is 72.8 Å². The zero-order valence-corrected chi connectivity index (χ0v) is 16.1. The summed E-state index contributed by atoms with van der Waals surface area (Å²) in [6, 6.07) is 18.8. The Morgan fingerprint density at radius 3 is 2.30 bits per heavy atom. The molecule has 0 aliphatic rings. The van der Waals surface area contributed by atoms with Crippen molar-refractivity contribution in [3.63, 3.8) is 0 Å². The summed E-state index contributed by atoms with van der Waals surface area (Å²) in [6.07, 6.45) is 0. The number of ketones is 1. The van der Waals surface area contributed by atoms with Gasteiger partial charge in [-0.05, 0) is 30.3 Å². The monoisotopic (exact) mass is 407 g/mol. The highest BCUT2D eigenvalue weighted by Gasteiger charge is 2.17. The lowest BCUT2D eigenvalue weighted by molar-refractivity contribution is -0.119. The van der Waals surface area contributed by atoms with E-state index in [9.17, 15) is 18.8 Å². The molecule has 3 rings (SSSR count). The minimum Gasteiger partial charge on any atom is -0.494 e. The maximum atomic E-state index is 13.7. The summed E-state index contributed by atoms with van der Waals surface area (Å²) in [7, 11) is 1.31. The molecule has 0 aliphatic carbocycles. The Morgan fingerprint density at radius 1 is 0.900 bits per heavy atom. The van der Waals surface area contributed by atoms with Gasteiger partial charge in [-0.25, -0.2) is 9.18 Å². The van der Waals surface area contributed by atoms with Crippen LogP contribution in [0.5, 0.6) is 5.75 Å². The van der Waals surface area contributed by atoms with Crippen LogP contribution in [0.4, 0.5) is 10.1 Å². The molecule has 0 radical (unpaired) electrons. The van der Waals surface area contributed by atoms with Gasteiger partial charge in [0.1, 0.15) is 0 Å². The van der Waals surface area contributed by atoms with E-state index in [1.807, 2.05) is 0 Å². The third-order valence-electron chi connectivity index (χ3n) is 4.20. The first-order valence-electron chi connectivity index (χ1n) is 8.99. The molecule has 0 bridgehead atoms. The molecule has 6 nitrogen and oxygen atoms in total. The van der Waals surface area contributed by atoms with E-state index in [0.717, 1.165) is 6.07 Å². The number of esters is 1. The Kier molecular flexibility index (Phi) is 6.54. The number of carbonyl (C=O) groups excluding carboxylic acids is 3. The number of amides is 1. The van der Waals surface area contributed by atoms with E-state index in [4.69, 9.17) is 9.47 Å². The molecule has 0 spiro atoms. The standard InChI is InChI=1S/C23H18FNO5/c1-29-20-12-11-16(13-18(20)24)23(28)30-14-21(26)25-19-10-6-5-9-17(19)22(27)15-7-3-2-4-8-15/h2-13H,14H2,1H3,(H,25,26). The number of methoxy groups -OCH3 is 1. The molecule has 0 saturated heterocycles. The molecule has 30 heavy (non-hydrogen) atoms. The van der Waals surface area contributed by atoms with E-state index in [1.54, 1.807) is 54.6 Å². The summed E-state index contributed by atoms with van der Waals surface area (Å²) < 4.78 is 23.4. The van der Waals surface area contributed by atoms with Crippen molar-refractivity contribution in [1.29, 1.82) is 0 Å². The highest BCUT2D eigenvalue weighted by atomic mass is 19.1. The van der Waals surface area contributed by atoms with Gasteiger partial charge < -0.3 is 14.8 Å². The van der Waals surface area contributed by atoms with E-state index in [-0.39, 0.29) is 17.1 Å². The summed E-state index contributed by atoms with van der Waals surface area (Å²) in [4.78, 5) is 37.0. The summed E-state index contributed by atoms with van der Waals surface area (Å²) in [5.74, 6) is -2.48. The van der Waals surface area contributed by atoms with Crippen LogP contribution in [0.1, 0.15) is 26.3 Å². The molecule has 7 heteroatoms. The third kappa shape index (κ3) is 4.88. The summed E-state index contributed by atoms with van der Waals surface area (Å²) in [5, 5.41) is 2.57. The van der Waals surface area contributed by atoms with Crippen molar-refractivity contribution in [1.82, 2.24) is 0 Å². The van der Waals surface area contributed by atoms with E-state index in [0.29, 0.717) is 16.8 Å². The number of nitrogens with one attached hydrogen (secondary N) is 1. The predicted octanol–water partition coefficient (Wildman–Crippen LogP) is 3.86. The summed E-state index contributed by atoms with van der Waals surface area (Å²) >= 11 is 0. The molecule has 0 unspecified atom stereocenters. The Morgan fingerprint density at radius 2 is 1.60 bits per heavy atom. The normalized spacial score (nSPS) is 10.2. The minimum absolute atomic E-state index is 0.0102. The van der Waals surface area contributed by atoms with Gasteiger partial charge in [-0.3, -0.25) is 9.59 Å². The predicted molar refractivity (Wildman–Crippen MR) is 108 cm³/mol. The Balaban J connectivity index is 1.65. The topological polar surface area (TPSA) is 81.7 Å². The zero-order chi connectivity index (χ0) is 21.5. The second-order valence-electron chi connectivity index (χ2n) is 6.21. The van der Waals surface area contributed by atoms with Gasteiger partial charge in [0.05, 0.1) is 18.4 Å². The van der Waals surface area contributed by atoms with Crippen molar-refractivity contribution in [3.8, 4) is 5.75 Å². The molecule has 3 aromatic carbocycles. The number of halogens is 1. The quantitative estimate of drug-likeness (QED) is 0.475. The highest BCUT2D eigenvalue weighted by molar-refractivity contribution is 6.13. The second kappa shape index (κ2) is 9.47. The number of ether oxygens (including phenoxy) is 2. The van der Waals surface area contributed by atoms with Crippen LogP contribution in [-0.4, -0.2) is 31.4 Å². The van der Waals surface area contributed by atoms with Crippen LogP contribution in [-0.2, 0) is 9.53 Å². The minimum atomic E-state index is -0.861. The van der Waals surface area contributed by atoms with Crippen molar-refractivity contribution in [2.24, 2.45) is 0 Å². The number of benzene rings is 3. The third-order valence-corrected chi connectivity index (χ3v) is 4.20. The Labute approximate surface area is 172 Å². The molecule has 0 fully saturated rings. The number of rotatable bonds is 7. The Hall–Kier alpha value is -4.00. The molecule has 1 amide bonds. The average molecular weight is 407 g/mol. The van der Waals surface area contributed by atoms with Gasteiger partial charge in [-0.2, -0.15) is 0 Å². The maximum Gasteiger partial charge on any atom is 0.338 e. The van der Waals surface area contributed by atoms with Crippen molar-refractivity contribution in [3.05, 3.63) is 95.3 Å². The number of hydrogen-bond acceptors (Lipinski definition) is 5. The second-order valence-corrected chi connectivity index (χ2v) is 6.21. The molecule has 152 valence electrons. The fourth-order valence-corrected chi connectivity index (χ4v) is 2.73. The lowest BCUT2D eigenvalue weighted by atomic mass is 10.0. The number of carbonyl (C=O) groups is 3. The smallest absolute Gasteiger partial charge is 0.338 e. The Bertz CT molecular complexity index is 1080. The van der Waals surface area contributed by atoms with Gasteiger partial charge in [0.15, 0.2) is 24.0 Å². The van der Waals surface area contributed by atoms with Crippen LogP contribution in [0.25, 0.3) is 0 Å². The lowest BCUT2D eigenvalue weighted by Crippen LogP contribution is -2.22. The van der Waals surface area contributed by atoms with Gasteiger partial charge in [0, 0.05) is 11.1 Å². The van der Waals surface area contributed by atoms with E-state index in [1.165, 1.54) is 19.2 Å². The van der Waals surface area contributed by atoms with Crippen molar-refractivity contribution >= 4 is 23.3 Å². The summed E-state index contributed by atoms with van der Waals surface area (Å²) in [5.41, 5.74) is 1.02. The van der Waals surface area contributed by atoms with Gasteiger partial charge in [0.2, 0.25) is 0 Å². The number of anilines is 1. The van der Waals surface area contributed by atoms with E-state index < -0.39 is 24.3 Å². The first-order chi connectivity index (χ1) is 14.5. The molecular formula is C23H18FNO5. The fourth-order valence-electron chi connectivity index (χ4n) is 2.73. The largest absolute Gasteiger partial charge is 0.494 e. The van der Waals surface area contributed by atoms with Crippen LogP contribution in [0.3, 0.4) is 0 Å². The molecule has 0 aromatic heterocycles. The molecule has 0 aliphatic heterocycles. The zero-order valence-electron chi connectivity index (χ0n) is 16.1. The SMILES string of the molecule is COc1ccc(C(=O)OCC(=O)Nc2ccccc2C(=O)c2ccccc2)cc1F. The average Bonchev–Trinajstić information content (AvgIpc) is 2.78. The maximum absolute atomic E-state index is 13.7. The number of para-hydroxylation sites is 1. The first-order valence-corrected chi connectivity index (χ1v) is 8.99. The van der Waals surface area contributed by atoms with Gasteiger partial charge in [0.25, 0.3) is 5.91 Å². The van der Waals surface area contributed by atoms with Crippen molar-refractivity contribution < 1.29 is 28.2 Å². The molecule has 0 atom stereocenters. The molecule has 0 saturated carbocycles. The van der Waals surface area contributed by atoms with E-state index >= 15 is 0 Å². The van der Waals surface area contributed by atoms with Crippen molar-refractivity contribution in [2.45, 2.75) is 0 Å². The van der Waals surface area contributed by atoms with Gasteiger partial charge >= 0.3 is 5.97 Å². The van der Waals surface area contributed by atoms with Crippen LogP contribution >= 0.6 is 0 Å². The van der Waals surface area contributed by atoms with Crippen LogP contribution < -0.4 is 10.1 Å². The van der Waals surface area contributed by atoms with E-state index in [2.05, 4.69) is 5.32 Å². The molecule has 1 N–H and O–H groups in total.